The molecule has 0 aliphatic rings. The summed E-state index contributed by atoms with van der Waals surface area (Å²) in [7, 11) is -0.119. The lowest BCUT2D eigenvalue weighted by molar-refractivity contribution is 0.0916. The van der Waals surface area contributed by atoms with Gasteiger partial charge in [0.15, 0.2) is 5.75 Å². The van der Waals surface area contributed by atoms with Crippen molar-refractivity contribution in [1.29, 1.82) is 0 Å². The summed E-state index contributed by atoms with van der Waals surface area (Å²) >= 11 is 0. The highest BCUT2D eigenvalue weighted by atomic mass is 32.2. The van der Waals surface area contributed by atoms with Crippen LogP contribution in [0.15, 0.2) is 88.2 Å². The van der Waals surface area contributed by atoms with Gasteiger partial charge in [-0.1, -0.05) is 54.6 Å². The van der Waals surface area contributed by atoms with Crippen LogP contribution in [0.2, 0.25) is 0 Å². The SMILES string of the molecule is COc1c(C(=O)NNS(=O)c2ccccc2)oc2ccc(-c3ccccc3)cc12. The summed E-state index contributed by atoms with van der Waals surface area (Å²) in [4.78, 5) is 15.6. The number of benzene rings is 3. The minimum atomic E-state index is -1.60. The lowest BCUT2D eigenvalue weighted by atomic mass is 10.0. The fourth-order valence-corrected chi connectivity index (χ4v) is 3.70. The first-order valence-corrected chi connectivity index (χ1v) is 10.0. The van der Waals surface area contributed by atoms with E-state index in [0.717, 1.165) is 11.1 Å². The minimum absolute atomic E-state index is 0.00488. The number of nitrogens with one attached hydrogen (secondary N) is 2. The summed E-state index contributed by atoms with van der Waals surface area (Å²) in [6.45, 7) is 0. The Labute approximate surface area is 170 Å². The van der Waals surface area contributed by atoms with Crippen LogP contribution < -0.4 is 15.0 Å². The van der Waals surface area contributed by atoms with Gasteiger partial charge in [-0.3, -0.25) is 10.2 Å². The Balaban J connectivity index is 1.60. The minimum Gasteiger partial charge on any atom is -0.492 e. The van der Waals surface area contributed by atoms with E-state index in [1.165, 1.54) is 7.11 Å². The van der Waals surface area contributed by atoms with E-state index in [2.05, 4.69) is 10.3 Å². The van der Waals surface area contributed by atoms with E-state index in [1.54, 1.807) is 30.3 Å². The zero-order valence-corrected chi connectivity index (χ0v) is 16.4. The van der Waals surface area contributed by atoms with E-state index >= 15 is 0 Å². The Bertz CT molecular complexity index is 1170. The van der Waals surface area contributed by atoms with Gasteiger partial charge in [-0.25, -0.2) is 4.21 Å². The first kappa shape index (κ1) is 18.9. The van der Waals surface area contributed by atoms with E-state index < -0.39 is 16.9 Å². The second kappa shape index (κ2) is 8.30. The van der Waals surface area contributed by atoms with Crippen molar-refractivity contribution in [2.75, 3.05) is 7.11 Å². The van der Waals surface area contributed by atoms with Gasteiger partial charge in [0.2, 0.25) is 5.76 Å². The second-order valence-electron chi connectivity index (χ2n) is 6.18. The highest BCUT2D eigenvalue weighted by Gasteiger charge is 2.22. The van der Waals surface area contributed by atoms with Crippen molar-refractivity contribution in [2.45, 2.75) is 4.90 Å². The number of amides is 1. The number of fused-ring (bicyclic) bond motifs is 1. The lowest BCUT2D eigenvalue weighted by Crippen LogP contribution is -2.38. The third kappa shape index (κ3) is 3.91. The van der Waals surface area contributed by atoms with Gasteiger partial charge in [0.25, 0.3) is 0 Å². The monoisotopic (exact) mass is 406 g/mol. The van der Waals surface area contributed by atoms with Gasteiger partial charge in [-0.2, -0.15) is 0 Å². The van der Waals surface area contributed by atoms with Crippen LogP contribution in [0.25, 0.3) is 22.1 Å². The van der Waals surface area contributed by atoms with E-state index in [1.807, 2.05) is 48.5 Å². The fraction of sp³-hybridized carbons (Fsp3) is 0.0455. The molecule has 4 aromatic rings. The molecule has 0 saturated carbocycles. The average molecular weight is 406 g/mol. The zero-order chi connectivity index (χ0) is 20.2. The largest absolute Gasteiger partial charge is 0.492 e. The molecule has 0 bridgehead atoms. The predicted molar refractivity (Wildman–Crippen MR) is 112 cm³/mol. The molecule has 146 valence electrons. The number of carbonyl (C=O) groups excluding carboxylic acids is 1. The Kier molecular flexibility index (Phi) is 5.41. The Hall–Kier alpha value is -3.42. The van der Waals surface area contributed by atoms with E-state index in [9.17, 15) is 9.00 Å². The molecular weight excluding hydrogens is 388 g/mol. The van der Waals surface area contributed by atoms with Crippen LogP contribution in [-0.2, 0) is 11.0 Å². The van der Waals surface area contributed by atoms with Crippen LogP contribution in [0.3, 0.4) is 0 Å². The van der Waals surface area contributed by atoms with Gasteiger partial charge in [0.05, 0.1) is 17.4 Å². The molecule has 4 rings (SSSR count). The molecular formula is C22H18N2O4S. The molecule has 0 fully saturated rings. The molecule has 29 heavy (non-hydrogen) atoms. The molecule has 0 aliphatic heterocycles. The first-order valence-electron chi connectivity index (χ1n) is 8.86. The summed E-state index contributed by atoms with van der Waals surface area (Å²) < 4.78 is 23.4. The van der Waals surface area contributed by atoms with Crippen molar-refractivity contribution >= 4 is 27.9 Å². The second-order valence-corrected chi connectivity index (χ2v) is 7.39. The van der Waals surface area contributed by atoms with Crippen molar-refractivity contribution in [3.8, 4) is 16.9 Å². The van der Waals surface area contributed by atoms with Crippen molar-refractivity contribution < 1.29 is 18.2 Å². The summed E-state index contributed by atoms with van der Waals surface area (Å²) in [5, 5.41) is 0.684. The molecule has 0 radical (unpaired) electrons. The zero-order valence-electron chi connectivity index (χ0n) is 15.5. The molecule has 0 spiro atoms. The normalized spacial score (nSPS) is 11.9. The van der Waals surface area contributed by atoms with E-state index in [-0.39, 0.29) is 5.76 Å². The van der Waals surface area contributed by atoms with Crippen LogP contribution in [0.1, 0.15) is 10.6 Å². The van der Waals surface area contributed by atoms with Gasteiger partial charge >= 0.3 is 5.91 Å². The molecule has 1 heterocycles. The molecule has 1 atom stereocenters. The predicted octanol–water partition coefficient (Wildman–Crippen LogP) is 4.07. The fourth-order valence-electron chi connectivity index (χ4n) is 2.99. The summed E-state index contributed by atoms with van der Waals surface area (Å²) in [6, 6.07) is 24.3. The number of furan rings is 1. The quantitative estimate of drug-likeness (QED) is 0.473. The van der Waals surface area contributed by atoms with Crippen molar-refractivity contribution in [3.05, 3.63) is 84.6 Å². The summed E-state index contributed by atoms with van der Waals surface area (Å²) in [5.41, 5.74) is 4.96. The molecule has 2 N–H and O–H groups in total. The lowest BCUT2D eigenvalue weighted by Gasteiger charge is -2.06. The smallest absolute Gasteiger partial charge is 0.305 e. The van der Waals surface area contributed by atoms with Gasteiger partial charge in [-0.05, 0) is 35.4 Å². The Morgan fingerprint density at radius 2 is 1.62 bits per heavy atom. The van der Waals surface area contributed by atoms with Crippen LogP contribution >= 0.6 is 0 Å². The highest BCUT2D eigenvalue weighted by Crippen LogP contribution is 2.35. The van der Waals surface area contributed by atoms with Crippen molar-refractivity contribution in [3.63, 3.8) is 0 Å². The number of hydrogen-bond acceptors (Lipinski definition) is 4. The molecule has 6 nitrogen and oxygen atoms in total. The number of hydrogen-bond donors (Lipinski definition) is 2. The van der Waals surface area contributed by atoms with Gasteiger partial charge in [-0.15, -0.1) is 4.83 Å². The van der Waals surface area contributed by atoms with Crippen LogP contribution in [0.5, 0.6) is 5.75 Å². The maximum Gasteiger partial charge on any atom is 0.305 e. The first-order chi connectivity index (χ1) is 14.2. The Morgan fingerprint density at radius 3 is 2.31 bits per heavy atom. The Morgan fingerprint density at radius 1 is 0.931 bits per heavy atom. The molecule has 0 saturated heterocycles. The molecule has 1 unspecified atom stereocenters. The molecule has 1 aromatic heterocycles. The number of ether oxygens (including phenoxy) is 1. The van der Waals surface area contributed by atoms with Crippen LogP contribution in [0.4, 0.5) is 0 Å². The van der Waals surface area contributed by atoms with Crippen molar-refractivity contribution in [2.24, 2.45) is 0 Å². The number of carbonyl (C=O) groups is 1. The average Bonchev–Trinajstić information content (AvgIpc) is 3.16. The van der Waals surface area contributed by atoms with Crippen LogP contribution in [-0.4, -0.2) is 17.2 Å². The standard InChI is InChI=1S/C22H18N2O4S/c1-27-20-18-14-16(15-8-4-2-5-9-15)12-13-19(18)28-21(20)22(25)23-24-29(26)17-10-6-3-7-11-17/h2-14,24H,1H3,(H,23,25). The van der Waals surface area contributed by atoms with Gasteiger partial charge in [0.1, 0.15) is 16.6 Å². The third-order valence-corrected chi connectivity index (χ3v) is 5.36. The summed E-state index contributed by atoms with van der Waals surface area (Å²) in [6.07, 6.45) is 0. The van der Waals surface area contributed by atoms with Gasteiger partial charge in [0, 0.05) is 0 Å². The number of rotatable bonds is 6. The third-order valence-electron chi connectivity index (χ3n) is 4.37. The number of hydrazine groups is 1. The molecule has 7 heteroatoms. The maximum absolute atomic E-state index is 12.6. The molecule has 1 amide bonds. The van der Waals surface area contributed by atoms with Gasteiger partial charge < -0.3 is 9.15 Å². The van der Waals surface area contributed by atoms with E-state index in [0.29, 0.717) is 21.6 Å². The number of methoxy groups -OCH3 is 1. The molecule has 3 aromatic carbocycles. The van der Waals surface area contributed by atoms with Crippen molar-refractivity contribution in [1.82, 2.24) is 10.3 Å². The summed E-state index contributed by atoms with van der Waals surface area (Å²) in [5.74, 6) is -0.253. The highest BCUT2D eigenvalue weighted by molar-refractivity contribution is 7.83. The van der Waals surface area contributed by atoms with E-state index in [4.69, 9.17) is 9.15 Å². The topological polar surface area (TPSA) is 80.6 Å². The van der Waals surface area contributed by atoms with Crippen LogP contribution in [0, 0.1) is 0 Å². The molecule has 0 aliphatic carbocycles. The maximum atomic E-state index is 12.6.